The van der Waals surface area contributed by atoms with Crippen LogP contribution in [0.5, 0.6) is 0 Å². The molecule has 32 heavy (non-hydrogen) atoms. The third-order valence-electron chi connectivity index (χ3n) is 10.1. The average molecular weight is 435 g/mol. The quantitative estimate of drug-likeness (QED) is 0.675. The van der Waals surface area contributed by atoms with Gasteiger partial charge in [-0.3, -0.25) is 9.59 Å². The van der Waals surface area contributed by atoms with Gasteiger partial charge in [0.2, 0.25) is 11.8 Å². The van der Waals surface area contributed by atoms with Crippen LogP contribution in [0.2, 0.25) is 0 Å². The average Bonchev–Trinajstić information content (AvgIpc) is 3.09. The van der Waals surface area contributed by atoms with Gasteiger partial charge in [0, 0.05) is 30.6 Å². The molecule has 5 rings (SSSR count). The van der Waals surface area contributed by atoms with E-state index in [1.54, 1.807) is 0 Å². The molecule has 1 aromatic carbocycles. The highest BCUT2D eigenvalue weighted by molar-refractivity contribution is 5.91. The lowest BCUT2D eigenvalue weighted by atomic mass is 9.47. The normalized spacial score (nSPS) is 40.4. The first-order valence-corrected chi connectivity index (χ1v) is 12.5. The van der Waals surface area contributed by atoms with Crippen molar-refractivity contribution in [3.63, 3.8) is 0 Å². The van der Waals surface area contributed by atoms with Gasteiger partial charge in [-0.2, -0.15) is 0 Å². The highest BCUT2D eigenvalue weighted by Crippen LogP contribution is 2.65. The highest BCUT2D eigenvalue weighted by Gasteiger charge is 2.60. The number of hydrogen-bond donors (Lipinski definition) is 1. The van der Waals surface area contributed by atoms with E-state index in [1.807, 2.05) is 42.3 Å². The molecule has 3 aliphatic carbocycles. The Morgan fingerprint density at radius 2 is 1.81 bits per heavy atom. The Bertz CT molecular complexity index is 937. The second-order valence-corrected chi connectivity index (χ2v) is 11.6. The van der Waals surface area contributed by atoms with E-state index >= 15 is 0 Å². The van der Waals surface area contributed by atoms with Crippen molar-refractivity contribution in [2.45, 2.75) is 71.8 Å². The third-order valence-corrected chi connectivity index (χ3v) is 10.1. The molecular weight excluding hydrogens is 396 g/mol. The predicted molar refractivity (Wildman–Crippen MR) is 128 cm³/mol. The standard InChI is InChI=1S/C28H38N2O2/c1-18-5-8-20(9-6-18)29-25(31)17-19-7-11-22-21-10-12-24-28(3,16-14-26(32)30(24)4)23(21)13-15-27(19,22)2/h5-6,8-9,14,16,19,21-24H,7,10-13,15,17H2,1-4H3,(H,29,31)/t19-,21?,22?,23?,24?,27-,28-/m1/s1. The fourth-order valence-electron chi connectivity index (χ4n) is 8.26. The maximum atomic E-state index is 12.9. The number of nitrogens with one attached hydrogen (secondary N) is 1. The second kappa shape index (κ2) is 7.74. The lowest BCUT2D eigenvalue weighted by Crippen LogP contribution is -2.59. The van der Waals surface area contributed by atoms with E-state index in [9.17, 15) is 9.59 Å². The molecule has 4 aliphatic rings. The van der Waals surface area contributed by atoms with Crippen LogP contribution in [0.1, 0.15) is 64.4 Å². The molecule has 4 heteroatoms. The molecule has 4 nitrogen and oxygen atoms in total. The summed E-state index contributed by atoms with van der Waals surface area (Å²) in [5, 5.41) is 3.13. The van der Waals surface area contributed by atoms with Crippen molar-refractivity contribution in [1.29, 1.82) is 0 Å². The van der Waals surface area contributed by atoms with Crippen molar-refractivity contribution in [3.05, 3.63) is 42.0 Å². The second-order valence-electron chi connectivity index (χ2n) is 11.6. The monoisotopic (exact) mass is 434 g/mol. The number of carbonyl (C=O) groups is 2. The molecule has 0 aromatic heterocycles. The summed E-state index contributed by atoms with van der Waals surface area (Å²) in [6, 6.07) is 8.42. The molecule has 1 aromatic rings. The van der Waals surface area contributed by atoms with Crippen LogP contribution in [0.3, 0.4) is 0 Å². The van der Waals surface area contributed by atoms with Gasteiger partial charge in [0.15, 0.2) is 0 Å². The van der Waals surface area contributed by atoms with Crippen molar-refractivity contribution < 1.29 is 9.59 Å². The Hall–Kier alpha value is -2.10. The van der Waals surface area contributed by atoms with Gasteiger partial charge in [0.05, 0.1) is 0 Å². The summed E-state index contributed by atoms with van der Waals surface area (Å²) in [4.78, 5) is 27.2. The number of amides is 2. The lowest BCUT2D eigenvalue weighted by molar-refractivity contribution is -0.139. The summed E-state index contributed by atoms with van der Waals surface area (Å²) in [7, 11) is 1.99. The number of likely N-dealkylation sites (N-methyl/N-ethyl adjacent to an activating group) is 1. The van der Waals surface area contributed by atoms with Crippen LogP contribution in [0, 0.1) is 41.4 Å². The minimum absolute atomic E-state index is 0.0911. The summed E-state index contributed by atoms with van der Waals surface area (Å²) < 4.78 is 0. The van der Waals surface area contributed by atoms with Gasteiger partial charge in [-0.15, -0.1) is 0 Å². The van der Waals surface area contributed by atoms with E-state index in [4.69, 9.17) is 0 Å². The molecule has 0 bridgehead atoms. The maximum absolute atomic E-state index is 12.9. The number of anilines is 1. The molecule has 0 radical (unpaired) electrons. The molecule has 1 N–H and O–H groups in total. The first-order chi connectivity index (χ1) is 15.2. The Kier molecular flexibility index (Phi) is 5.26. The third kappa shape index (κ3) is 3.33. The molecule has 172 valence electrons. The predicted octanol–water partition coefficient (Wildman–Crippen LogP) is 5.58. The molecule has 2 amide bonds. The zero-order valence-electron chi connectivity index (χ0n) is 20.1. The zero-order chi connectivity index (χ0) is 22.7. The van der Waals surface area contributed by atoms with Crippen LogP contribution in [0.4, 0.5) is 5.69 Å². The van der Waals surface area contributed by atoms with Crippen LogP contribution in [-0.4, -0.2) is 29.8 Å². The van der Waals surface area contributed by atoms with Crippen LogP contribution in [-0.2, 0) is 9.59 Å². The molecule has 4 unspecified atom stereocenters. The van der Waals surface area contributed by atoms with Gasteiger partial charge in [0.1, 0.15) is 0 Å². The molecule has 3 saturated carbocycles. The van der Waals surface area contributed by atoms with Gasteiger partial charge in [0.25, 0.3) is 0 Å². The van der Waals surface area contributed by atoms with Crippen molar-refractivity contribution >= 4 is 17.5 Å². The number of nitrogens with zero attached hydrogens (tertiary/aromatic N) is 1. The number of rotatable bonds is 3. The first-order valence-electron chi connectivity index (χ1n) is 12.5. The number of carbonyl (C=O) groups excluding carboxylic acids is 2. The molecule has 1 heterocycles. The molecular formula is C28H38N2O2. The van der Waals surface area contributed by atoms with E-state index in [-0.39, 0.29) is 22.6 Å². The van der Waals surface area contributed by atoms with Crippen molar-refractivity contribution in [3.8, 4) is 0 Å². The number of benzene rings is 1. The number of aryl methyl sites for hydroxylation is 1. The SMILES string of the molecule is Cc1ccc(NC(=O)C[C@H]2CCC3C4CCC5N(C)C(=O)C=C[C@]5(C)C4CC[C@@]32C)cc1. The Morgan fingerprint density at radius 1 is 1.06 bits per heavy atom. The molecule has 0 saturated heterocycles. The van der Waals surface area contributed by atoms with Crippen molar-refractivity contribution in [2.75, 3.05) is 12.4 Å². The van der Waals surface area contributed by atoms with Gasteiger partial charge >= 0.3 is 0 Å². The first kappa shape index (κ1) is 21.7. The Balaban J connectivity index is 1.31. The van der Waals surface area contributed by atoms with E-state index in [0.29, 0.717) is 36.1 Å². The van der Waals surface area contributed by atoms with Gasteiger partial charge < -0.3 is 10.2 Å². The summed E-state index contributed by atoms with van der Waals surface area (Å²) in [5.41, 5.74) is 2.46. The smallest absolute Gasteiger partial charge is 0.246 e. The van der Waals surface area contributed by atoms with Gasteiger partial charge in [-0.05, 0) is 92.7 Å². The van der Waals surface area contributed by atoms with Gasteiger partial charge in [-0.1, -0.05) is 37.6 Å². The fraction of sp³-hybridized carbons (Fsp3) is 0.643. The van der Waals surface area contributed by atoms with Crippen LogP contribution in [0.15, 0.2) is 36.4 Å². The minimum Gasteiger partial charge on any atom is -0.338 e. The summed E-state index contributed by atoms with van der Waals surface area (Å²) in [5.74, 6) is 2.85. The number of hydrogen-bond acceptors (Lipinski definition) is 2. The number of fused-ring (bicyclic) bond motifs is 5. The summed E-state index contributed by atoms with van der Waals surface area (Å²) in [6.45, 7) is 6.94. The highest BCUT2D eigenvalue weighted by atomic mass is 16.2. The minimum atomic E-state index is 0.0911. The van der Waals surface area contributed by atoms with Crippen molar-refractivity contribution in [1.82, 2.24) is 4.90 Å². The van der Waals surface area contributed by atoms with E-state index in [0.717, 1.165) is 12.1 Å². The van der Waals surface area contributed by atoms with Crippen molar-refractivity contribution in [2.24, 2.45) is 34.5 Å². The Morgan fingerprint density at radius 3 is 2.56 bits per heavy atom. The molecule has 0 spiro atoms. The molecule has 7 atom stereocenters. The zero-order valence-corrected chi connectivity index (χ0v) is 20.1. The van der Waals surface area contributed by atoms with Crippen LogP contribution in [0.25, 0.3) is 0 Å². The lowest BCUT2D eigenvalue weighted by Gasteiger charge is -2.60. The molecule has 1 aliphatic heterocycles. The van der Waals surface area contributed by atoms with Crippen LogP contribution >= 0.6 is 0 Å². The summed E-state index contributed by atoms with van der Waals surface area (Å²) >= 11 is 0. The van der Waals surface area contributed by atoms with E-state index < -0.39 is 0 Å². The fourth-order valence-corrected chi connectivity index (χ4v) is 8.26. The largest absolute Gasteiger partial charge is 0.338 e. The van der Waals surface area contributed by atoms with Crippen LogP contribution < -0.4 is 5.32 Å². The summed E-state index contributed by atoms with van der Waals surface area (Å²) in [6.07, 6.45) is 11.9. The van der Waals surface area contributed by atoms with E-state index in [2.05, 4.69) is 32.2 Å². The van der Waals surface area contributed by atoms with E-state index in [1.165, 1.54) is 37.7 Å². The topological polar surface area (TPSA) is 49.4 Å². The maximum Gasteiger partial charge on any atom is 0.246 e. The molecule has 3 fully saturated rings. The van der Waals surface area contributed by atoms with Gasteiger partial charge in [-0.25, -0.2) is 0 Å². The Labute approximate surface area is 192 Å².